The lowest BCUT2D eigenvalue weighted by Gasteiger charge is -2.17. The zero-order valence-electron chi connectivity index (χ0n) is 15.5. The summed E-state index contributed by atoms with van der Waals surface area (Å²) in [4.78, 5) is 36.6. The minimum Gasteiger partial charge on any atom is -0.452 e. The Labute approximate surface area is 168 Å². The van der Waals surface area contributed by atoms with Crippen molar-refractivity contribution in [2.45, 2.75) is 12.8 Å². The molecule has 0 unspecified atom stereocenters. The van der Waals surface area contributed by atoms with E-state index in [0.717, 1.165) is 25.0 Å². The van der Waals surface area contributed by atoms with E-state index in [4.69, 9.17) is 4.74 Å². The van der Waals surface area contributed by atoms with Crippen LogP contribution in [0.1, 0.15) is 23.2 Å². The van der Waals surface area contributed by atoms with Crippen molar-refractivity contribution in [3.63, 3.8) is 0 Å². The zero-order valence-corrected chi connectivity index (χ0v) is 15.5. The van der Waals surface area contributed by atoms with E-state index in [1.807, 2.05) is 10.2 Å². The van der Waals surface area contributed by atoms with Crippen LogP contribution in [0.3, 0.4) is 0 Å². The predicted molar refractivity (Wildman–Crippen MR) is 99.8 cm³/mol. The average molecular weight is 423 g/mol. The topological polar surface area (TPSA) is 102 Å². The van der Waals surface area contributed by atoms with Gasteiger partial charge < -0.3 is 15.0 Å². The van der Waals surface area contributed by atoms with Gasteiger partial charge >= 0.3 is 5.97 Å². The number of nitrogens with one attached hydrogen (secondary N) is 1. The van der Waals surface area contributed by atoms with Crippen molar-refractivity contribution in [1.29, 1.82) is 0 Å². The number of esters is 1. The summed E-state index contributed by atoms with van der Waals surface area (Å²) in [5.41, 5.74) is -0.641. The Hall–Kier alpha value is -3.63. The standard InChI is InChI=1S/C19H16F3N3O5/c20-12-4-5-13(18(22)17(12)21)23-16(26)10-30-19(27)11-3-6-14(15(9-11)25(28)29)24-7-1-2-8-24/h3-6,9H,1-2,7-8,10H2,(H,23,26). The van der Waals surface area contributed by atoms with Gasteiger partial charge in [-0.3, -0.25) is 14.9 Å². The lowest BCUT2D eigenvalue weighted by molar-refractivity contribution is -0.384. The summed E-state index contributed by atoms with van der Waals surface area (Å²) in [6.45, 7) is 0.482. The average Bonchev–Trinajstić information content (AvgIpc) is 3.26. The highest BCUT2D eigenvalue weighted by molar-refractivity contribution is 5.96. The van der Waals surface area contributed by atoms with Crippen molar-refractivity contribution >= 4 is 28.9 Å². The van der Waals surface area contributed by atoms with E-state index in [9.17, 15) is 32.9 Å². The van der Waals surface area contributed by atoms with Gasteiger partial charge in [0.2, 0.25) is 0 Å². The summed E-state index contributed by atoms with van der Waals surface area (Å²) in [5.74, 6) is -6.78. The van der Waals surface area contributed by atoms with Crippen molar-refractivity contribution < 1.29 is 32.4 Å². The van der Waals surface area contributed by atoms with Crippen molar-refractivity contribution in [3.05, 3.63) is 63.5 Å². The summed E-state index contributed by atoms with van der Waals surface area (Å²) in [5, 5.41) is 13.3. The Morgan fingerprint density at radius 3 is 2.47 bits per heavy atom. The molecule has 30 heavy (non-hydrogen) atoms. The molecule has 1 aliphatic rings. The van der Waals surface area contributed by atoms with Crippen LogP contribution < -0.4 is 10.2 Å². The van der Waals surface area contributed by atoms with Crippen molar-refractivity contribution in [3.8, 4) is 0 Å². The number of amides is 1. The minimum atomic E-state index is -1.75. The summed E-state index contributed by atoms with van der Waals surface area (Å²) < 4.78 is 44.4. The smallest absolute Gasteiger partial charge is 0.338 e. The predicted octanol–water partition coefficient (Wildman–Crippen LogP) is 3.41. The number of carbonyl (C=O) groups excluding carboxylic acids is 2. The number of nitro benzene ring substituents is 1. The molecule has 0 atom stereocenters. The quantitative estimate of drug-likeness (QED) is 0.331. The van der Waals surface area contributed by atoms with E-state index in [2.05, 4.69) is 0 Å². The summed E-state index contributed by atoms with van der Waals surface area (Å²) >= 11 is 0. The summed E-state index contributed by atoms with van der Waals surface area (Å²) in [7, 11) is 0. The molecule has 0 aromatic heterocycles. The van der Waals surface area contributed by atoms with Crippen LogP contribution >= 0.6 is 0 Å². The molecule has 0 aliphatic carbocycles. The van der Waals surface area contributed by atoms with Crippen LogP contribution in [-0.4, -0.2) is 36.5 Å². The molecule has 0 bridgehead atoms. The van der Waals surface area contributed by atoms with Crippen LogP contribution in [0.4, 0.5) is 30.2 Å². The highest BCUT2D eigenvalue weighted by Crippen LogP contribution is 2.31. The molecule has 2 aromatic carbocycles. The Morgan fingerprint density at radius 1 is 1.10 bits per heavy atom. The second kappa shape index (κ2) is 8.80. The first-order valence-corrected chi connectivity index (χ1v) is 8.92. The van der Waals surface area contributed by atoms with Crippen molar-refractivity contribution in [2.75, 3.05) is 29.9 Å². The molecule has 1 saturated heterocycles. The summed E-state index contributed by atoms with van der Waals surface area (Å²) in [6.07, 6.45) is 1.82. The minimum absolute atomic E-state index is 0.142. The SMILES string of the molecule is O=C(COC(=O)c1ccc(N2CCCC2)c([N+](=O)[O-])c1)Nc1ccc(F)c(F)c1F. The molecule has 158 valence electrons. The largest absolute Gasteiger partial charge is 0.452 e. The first-order valence-electron chi connectivity index (χ1n) is 8.92. The number of nitrogens with zero attached hydrogens (tertiary/aromatic N) is 2. The number of rotatable bonds is 6. The molecule has 0 radical (unpaired) electrons. The number of halogens is 3. The molecule has 1 heterocycles. The molecule has 1 N–H and O–H groups in total. The first kappa shape index (κ1) is 21.1. The molecule has 8 nitrogen and oxygen atoms in total. The number of benzene rings is 2. The van der Waals surface area contributed by atoms with Crippen molar-refractivity contribution in [2.24, 2.45) is 0 Å². The van der Waals surface area contributed by atoms with Gasteiger partial charge in [-0.15, -0.1) is 0 Å². The zero-order chi connectivity index (χ0) is 21.8. The molecular weight excluding hydrogens is 407 g/mol. The van der Waals surface area contributed by atoms with Crippen LogP contribution in [-0.2, 0) is 9.53 Å². The van der Waals surface area contributed by atoms with Gasteiger partial charge in [-0.25, -0.2) is 18.0 Å². The number of anilines is 2. The maximum Gasteiger partial charge on any atom is 0.338 e. The maximum atomic E-state index is 13.6. The van der Waals surface area contributed by atoms with Crippen LogP contribution in [0.5, 0.6) is 0 Å². The molecule has 0 spiro atoms. The third kappa shape index (κ3) is 4.50. The van der Waals surface area contributed by atoms with Gasteiger partial charge in [-0.1, -0.05) is 0 Å². The molecule has 11 heteroatoms. The lowest BCUT2D eigenvalue weighted by Crippen LogP contribution is -2.22. The van der Waals surface area contributed by atoms with Gasteiger partial charge in [-0.05, 0) is 37.1 Å². The van der Waals surface area contributed by atoms with Crippen LogP contribution in [0, 0.1) is 27.6 Å². The van der Waals surface area contributed by atoms with Gasteiger partial charge in [0.05, 0.1) is 16.2 Å². The second-order valence-corrected chi connectivity index (χ2v) is 6.50. The van der Waals surface area contributed by atoms with Gasteiger partial charge in [0.15, 0.2) is 24.1 Å². The van der Waals surface area contributed by atoms with E-state index in [1.165, 1.54) is 12.1 Å². The molecule has 1 aliphatic heterocycles. The lowest BCUT2D eigenvalue weighted by atomic mass is 10.1. The fraction of sp³-hybridized carbons (Fsp3) is 0.263. The van der Waals surface area contributed by atoms with Gasteiger partial charge in [-0.2, -0.15) is 0 Å². The fourth-order valence-electron chi connectivity index (χ4n) is 3.05. The first-order chi connectivity index (χ1) is 14.3. The second-order valence-electron chi connectivity index (χ2n) is 6.50. The maximum absolute atomic E-state index is 13.6. The number of hydrogen-bond donors (Lipinski definition) is 1. The van der Waals surface area contributed by atoms with Gasteiger partial charge in [0.1, 0.15) is 5.69 Å². The third-order valence-electron chi connectivity index (χ3n) is 4.50. The Bertz CT molecular complexity index is 1010. The van der Waals surface area contributed by atoms with E-state index in [-0.39, 0.29) is 11.3 Å². The summed E-state index contributed by atoms with van der Waals surface area (Å²) in [6, 6.07) is 5.28. The Morgan fingerprint density at radius 2 is 1.80 bits per heavy atom. The van der Waals surface area contributed by atoms with Crippen LogP contribution in [0.2, 0.25) is 0 Å². The van der Waals surface area contributed by atoms with E-state index >= 15 is 0 Å². The number of carbonyl (C=O) groups is 2. The van der Waals surface area contributed by atoms with E-state index in [1.54, 1.807) is 0 Å². The van der Waals surface area contributed by atoms with Crippen LogP contribution in [0.15, 0.2) is 30.3 Å². The molecular formula is C19H16F3N3O5. The number of ether oxygens (including phenoxy) is 1. The van der Waals surface area contributed by atoms with Crippen molar-refractivity contribution in [1.82, 2.24) is 0 Å². The number of nitro groups is 1. The third-order valence-corrected chi connectivity index (χ3v) is 4.50. The molecule has 1 fully saturated rings. The molecule has 3 rings (SSSR count). The molecule has 0 saturated carbocycles. The highest BCUT2D eigenvalue weighted by atomic mass is 19.2. The normalized spacial score (nSPS) is 13.2. The monoisotopic (exact) mass is 423 g/mol. The van der Waals surface area contributed by atoms with Crippen LogP contribution in [0.25, 0.3) is 0 Å². The Kier molecular flexibility index (Phi) is 6.19. The van der Waals surface area contributed by atoms with E-state index in [0.29, 0.717) is 24.8 Å². The number of hydrogen-bond acceptors (Lipinski definition) is 6. The fourth-order valence-corrected chi connectivity index (χ4v) is 3.05. The van der Waals surface area contributed by atoms with Gasteiger partial charge in [0.25, 0.3) is 11.6 Å². The molecule has 2 aromatic rings. The highest BCUT2D eigenvalue weighted by Gasteiger charge is 2.24. The van der Waals surface area contributed by atoms with E-state index < -0.39 is 46.5 Å². The van der Waals surface area contributed by atoms with Gasteiger partial charge in [0, 0.05) is 19.2 Å². The molecule has 1 amide bonds. The Balaban J connectivity index is 1.66.